The standard InChI is InChI=1S/C21H21FN6O/c1-27-13-25-26-21(27)14-6-8-28(9-7-14)20-17(15-3-5-19(22)24-11-15)4-2-16(12-29)18(20)10-23/h2-5,11,13-14,29H,6-9,12H2,1H3. The van der Waals surface area contributed by atoms with Crippen molar-refractivity contribution in [1.29, 1.82) is 5.26 Å². The minimum atomic E-state index is -0.549. The summed E-state index contributed by atoms with van der Waals surface area (Å²) in [5.41, 5.74) is 3.34. The molecule has 0 spiro atoms. The molecule has 0 atom stereocenters. The normalized spacial score (nSPS) is 14.8. The highest BCUT2D eigenvalue weighted by Gasteiger charge is 2.27. The molecule has 0 radical (unpaired) electrons. The topological polar surface area (TPSA) is 90.9 Å². The van der Waals surface area contributed by atoms with Gasteiger partial charge in [-0.25, -0.2) is 4.98 Å². The molecule has 1 saturated heterocycles. The molecule has 4 rings (SSSR count). The minimum Gasteiger partial charge on any atom is -0.392 e. The zero-order valence-electron chi connectivity index (χ0n) is 16.1. The van der Waals surface area contributed by atoms with Gasteiger partial charge in [-0.3, -0.25) is 0 Å². The highest BCUT2D eigenvalue weighted by Crippen LogP contribution is 2.38. The maximum absolute atomic E-state index is 13.3. The summed E-state index contributed by atoms with van der Waals surface area (Å²) in [5.74, 6) is 0.728. The Hall–Kier alpha value is -3.31. The van der Waals surface area contributed by atoms with E-state index in [1.54, 1.807) is 18.5 Å². The van der Waals surface area contributed by atoms with E-state index < -0.39 is 5.95 Å². The van der Waals surface area contributed by atoms with Crippen molar-refractivity contribution in [1.82, 2.24) is 19.7 Å². The Morgan fingerprint density at radius 1 is 1.24 bits per heavy atom. The summed E-state index contributed by atoms with van der Waals surface area (Å²) >= 11 is 0. The van der Waals surface area contributed by atoms with Gasteiger partial charge >= 0.3 is 0 Å². The summed E-state index contributed by atoms with van der Waals surface area (Å²) in [4.78, 5) is 5.93. The van der Waals surface area contributed by atoms with Gasteiger partial charge in [0.25, 0.3) is 0 Å². The number of aliphatic hydroxyl groups excluding tert-OH is 1. The number of hydrogen-bond donors (Lipinski definition) is 1. The maximum Gasteiger partial charge on any atom is 0.212 e. The quantitative estimate of drug-likeness (QED) is 0.687. The molecule has 3 heterocycles. The number of aliphatic hydroxyl groups is 1. The first-order valence-corrected chi connectivity index (χ1v) is 9.50. The summed E-state index contributed by atoms with van der Waals surface area (Å²) in [6.45, 7) is 1.26. The molecule has 8 heteroatoms. The molecular weight excluding hydrogens is 371 g/mol. The highest BCUT2D eigenvalue weighted by molar-refractivity contribution is 5.84. The lowest BCUT2D eigenvalue weighted by Crippen LogP contribution is -2.34. The Kier molecular flexibility index (Phi) is 5.23. The molecule has 3 aromatic rings. The van der Waals surface area contributed by atoms with Crippen LogP contribution >= 0.6 is 0 Å². The van der Waals surface area contributed by atoms with Gasteiger partial charge in [0.2, 0.25) is 5.95 Å². The smallest absolute Gasteiger partial charge is 0.212 e. The summed E-state index contributed by atoms with van der Waals surface area (Å²) in [6, 6.07) is 8.84. The molecule has 0 unspecified atom stereocenters. The van der Waals surface area contributed by atoms with Gasteiger partial charge in [-0.1, -0.05) is 12.1 Å². The van der Waals surface area contributed by atoms with E-state index in [0.29, 0.717) is 17.0 Å². The molecule has 0 amide bonds. The van der Waals surface area contributed by atoms with Crippen molar-refractivity contribution in [2.75, 3.05) is 18.0 Å². The molecule has 148 valence electrons. The van der Waals surface area contributed by atoms with E-state index in [4.69, 9.17) is 0 Å². The largest absolute Gasteiger partial charge is 0.392 e. The summed E-state index contributed by atoms with van der Waals surface area (Å²) < 4.78 is 15.3. The second kappa shape index (κ2) is 7.97. The Bertz CT molecular complexity index is 1050. The van der Waals surface area contributed by atoms with E-state index in [-0.39, 0.29) is 6.61 Å². The fourth-order valence-corrected chi connectivity index (χ4v) is 4.01. The van der Waals surface area contributed by atoms with Crippen LogP contribution in [0.4, 0.5) is 10.1 Å². The van der Waals surface area contributed by atoms with Crippen molar-refractivity contribution >= 4 is 5.69 Å². The number of nitriles is 1. The van der Waals surface area contributed by atoms with Crippen molar-refractivity contribution in [3.63, 3.8) is 0 Å². The van der Waals surface area contributed by atoms with Gasteiger partial charge in [0, 0.05) is 43.4 Å². The van der Waals surface area contributed by atoms with Crippen molar-refractivity contribution in [2.45, 2.75) is 25.4 Å². The predicted molar refractivity (Wildman–Crippen MR) is 105 cm³/mol. The average Bonchev–Trinajstić information content (AvgIpc) is 3.19. The van der Waals surface area contributed by atoms with Crippen LogP contribution in [0.25, 0.3) is 11.1 Å². The van der Waals surface area contributed by atoms with E-state index in [9.17, 15) is 14.8 Å². The van der Waals surface area contributed by atoms with Crippen molar-refractivity contribution in [3.05, 3.63) is 59.7 Å². The van der Waals surface area contributed by atoms with Crippen LogP contribution in [0.2, 0.25) is 0 Å². The second-order valence-corrected chi connectivity index (χ2v) is 7.20. The molecule has 0 bridgehead atoms. The molecule has 1 aliphatic heterocycles. The van der Waals surface area contributed by atoms with Gasteiger partial charge in [0.1, 0.15) is 18.2 Å². The number of aromatic nitrogens is 4. The average molecular weight is 392 g/mol. The number of hydrogen-bond acceptors (Lipinski definition) is 6. The van der Waals surface area contributed by atoms with Gasteiger partial charge in [-0.2, -0.15) is 9.65 Å². The summed E-state index contributed by atoms with van der Waals surface area (Å²) in [5, 5.41) is 27.8. The summed E-state index contributed by atoms with van der Waals surface area (Å²) in [7, 11) is 1.94. The number of halogens is 1. The third-order valence-corrected chi connectivity index (χ3v) is 5.51. The van der Waals surface area contributed by atoms with E-state index in [1.165, 1.54) is 12.3 Å². The van der Waals surface area contributed by atoms with Crippen molar-refractivity contribution < 1.29 is 9.50 Å². The number of rotatable bonds is 4. The fourth-order valence-electron chi connectivity index (χ4n) is 4.01. The van der Waals surface area contributed by atoms with Crippen LogP contribution in [0.5, 0.6) is 0 Å². The molecular formula is C21H21FN6O. The molecule has 29 heavy (non-hydrogen) atoms. The number of benzene rings is 1. The number of piperidine rings is 1. The second-order valence-electron chi connectivity index (χ2n) is 7.20. The van der Waals surface area contributed by atoms with Crippen LogP contribution in [0.3, 0.4) is 0 Å². The molecule has 7 nitrogen and oxygen atoms in total. The number of pyridine rings is 1. The molecule has 1 aromatic carbocycles. The van der Waals surface area contributed by atoms with Crippen LogP contribution in [0, 0.1) is 17.3 Å². The van der Waals surface area contributed by atoms with Crippen LogP contribution in [0.15, 0.2) is 36.8 Å². The molecule has 1 aliphatic rings. The molecule has 0 saturated carbocycles. The first kappa shape index (κ1) is 19.0. The lowest BCUT2D eigenvalue weighted by Gasteiger charge is -2.35. The maximum atomic E-state index is 13.3. The van der Waals surface area contributed by atoms with Gasteiger partial charge in [-0.15, -0.1) is 10.2 Å². The van der Waals surface area contributed by atoms with E-state index in [0.717, 1.165) is 48.6 Å². The van der Waals surface area contributed by atoms with E-state index >= 15 is 0 Å². The van der Waals surface area contributed by atoms with Crippen LogP contribution < -0.4 is 4.90 Å². The number of anilines is 1. The van der Waals surface area contributed by atoms with Crippen LogP contribution in [-0.4, -0.2) is 37.9 Å². The van der Waals surface area contributed by atoms with E-state index in [1.807, 2.05) is 17.7 Å². The molecule has 1 N–H and O–H groups in total. The van der Waals surface area contributed by atoms with Gasteiger partial charge in [-0.05, 0) is 30.5 Å². The number of nitrogens with zero attached hydrogens (tertiary/aromatic N) is 6. The third-order valence-electron chi connectivity index (χ3n) is 5.51. The molecule has 1 fully saturated rings. The SMILES string of the molecule is Cn1cnnc1C1CCN(c2c(-c3ccc(F)nc3)ccc(CO)c2C#N)CC1. The zero-order valence-corrected chi connectivity index (χ0v) is 16.1. The Labute approximate surface area is 168 Å². The summed E-state index contributed by atoms with van der Waals surface area (Å²) in [6.07, 6.45) is 4.93. The first-order chi connectivity index (χ1) is 14.1. The predicted octanol–water partition coefficient (Wildman–Crippen LogP) is 2.76. The van der Waals surface area contributed by atoms with Crippen molar-refractivity contribution in [2.24, 2.45) is 7.05 Å². The van der Waals surface area contributed by atoms with Crippen LogP contribution in [0.1, 0.15) is 35.7 Å². The number of aryl methyl sites for hydroxylation is 1. The molecule has 2 aromatic heterocycles. The third kappa shape index (κ3) is 3.57. The first-order valence-electron chi connectivity index (χ1n) is 9.50. The van der Waals surface area contributed by atoms with Crippen molar-refractivity contribution in [3.8, 4) is 17.2 Å². The van der Waals surface area contributed by atoms with Gasteiger partial charge < -0.3 is 14.6 Å². The van der Waals surface area contributed by atoms with Crippen LogP contribution in [-0.2, 0) is 13.7 Å². The lowest BCUT2D eigenvalue weighted by molar-refractivity contribution is 0.281. The highest BCUT2D eigenvalue weighted by atomic mass is 19.1. The van der Waals surface area contributed by atoms with Gasteiger partial charge in [0.05, 0.1) is 17.9 Å². The Morgan fingerprint density at radius 3 is 2.62 bits per heavy atom. The minimum absolute atomic E-state index is 0.215. The van der Waals surface area contributed by atoms with Gasteiger partial charge in [0.15, 0.2) is 0 Å². The fraction of sp³-hybridized carbons (Fsp3) is 0.333. The lowest BCUT2D eigenvalue weighted by atomic mass is 9.92. The Balaban J connectivity index is 1.71. The van der Waals surface area contributed by atoms with E-state index in [2.05, 4.69) is 26.2 Å². The Morgan fingerprint density at radius 2 is 2.03 bits per heavy atom. The monoisotopic (exact) mass is 392 g/mol. The zero-order chi connectivity index (χ0) is 20.4. The molecule has 0 aliphatic carbocycles.